The molecule has 1 heterocycles. The molecule has 0 aliphatic carbocycles. The average molecular weight is 331 g/mol. The van der Waals surface area contributed by atoms with Crippen molar-refractivity contribution in [3.05, 3.63) is 45.7 Å². The summed E-state index contributed by atoms with van der Waals surface area (Å²) in [5.74, 6) is 0. The molecular weight excluding hydrogens is 310 g/mol. The quantitative estimate of drug-likeness (QED) is 0.911. The molecule has 0 amide bonds. The summed E-state index contributed by atoms with van der Waals surface area (Å²) in [5.41, 5.74) is 1.88. The second-order valence-corrected chi connectivity index (χ2v) is 7.26. The number of nitrogens with zero attached hydrogens (tertiary/aromatic N) is 2. The summed E-state index contributed by atoms with van der Waals surface area (Å²) >= 11 is 1.26. The van der Waals surface area contributed by atoms with Crippen LogP contribution >= 0.6 is 11.5 Å². The van der Waals surface area contributed by atoms with E-state index in [0.717, 1.165) is 11.3 Å². The van der Waals surface area contributed by atoms with Gasteiger partial charge in [0.1, 0.15) is 11.1 Å². The minimum absolute atomic E-state index is 0.0417. The van der Waals surface area contributed by atoms with E-state index >= 15 is 0 Å². The highest BCUT2D eigenvalue weighted by Gasteiger charge is 2.20. The molecule has 0 saturated heterocycles. The molecule has 0 saturated carbocycles. The molecule has 1 N–H and O–H groups in total. The van der Waals surface area contributed by atoms with Crippen molar-refractivity contribution in [1.82, 2.24) is 3.96 Å². The minimum Gasteiger partial charge on any atom is -0.383 e. The van der Waals surface area contributed by atoms with E-state index in [2.05, 4.69) is 32.2 Å². The van der Waals surface area contributed by atoms with Crippen LogP contribution in [0.2, 0.25) is 0 Å². The maximum atomic E-state index is 12.3. The fourth-order valence-electron chi connectivity index (χ4n) is 2.29. The fourth-order valence-corrected chi connectivity index (χ4v) is 3.23. The first kappa shape index (κ1) is 17.3. The number of methoxy groups -OCH3 is 1. The normalized spacial score (nSPS) is 11.3. The van der Waals surface area contributed by atoms with Crippen molar-refractivity contribution >= 4 is 22.2 Å². The number of hydrogen-bond acceptors (Lipinski definition) is 5. The number of para-hydroxylation sites is 1. The molecule has 0 fully saturated rings. The van der Waals surface area contributed by atoms with E-state index in [4.69, 9.17) is 4.74 Å². The molecule has 0 aliphatic rings. The summed E-state index contributed by atoms with van der Waals surface area (Å²) in [7, 11) is 1.59. The van der Waals surface area contributed by atoms with E-state index in [1.165, 1.54) is 11.5 Å². The third-order valence-electron chi connectivity index (χ3n) is 3.46. The monoisotopic (exact) mass is 331 g/mol. The second-order valence-electron chi connectivity index (χ2n) is 6.23. The number of hydrogen-bond donors (Lipinski definition) is 1. The topological polar surface area (TPSA) is 67.0 Å². The van der Waals surface area contributed by atoms with Gasteiger partial charge in [0.05, 0.1) is 13.2 Å². The van der Waals surface area contributed by atoms with Crippen LogP contribution in [0.5, 0.6) is 0 Å². The standard InChI is InChI=1S/C17H21N3O2S/c1-17(2,3)13-7-5-6-8-14(13)19-15-12(11-18)16(21)20(23-15)9-10-22-4/h5-8,19H,9-10H2,1-4H3. The second kappa shape index (κ2) is 6.99. The van der Waals surface area contributed by atoms with Gasteiger partial charge in [0.15, 0.2) is 5.56 Å². The number of benzene rings is 1. The highest BCUT2D eigenvalue weighted by molar-refractivity contribution is 7.11. The Hall–Kier alpha value is -2.10. The molecular formula is C17H21N3O2S. The van der Waals surface area contributed by atoms with E-state index in [-0.39, 0.29) is 16.5 Å². The van der Waals surface area contributed by atoms with Crippen molar-refractivity contribution in [1.29, 1.82) is 5.26 Å². The molecule has 0 atom stereocenters. The molecule has 1 aromatic heterocycles. The van der Waals surface area contributed by atoms with Crippen LogP contribution in [0.3, 0.4) is 0 Å². The van der Waals surface area contributed by atoms with Crippen molar-refractivity contribution < 1.29 is 4.74 Å². The Balaban J connectivity index is 2.42. The average Bonchev–Trinajstić information content (AvgIpc) is 2.79. The zero-order valence-electron chi connectivity index (χ0n) is 13.8. The van der Waals surface area contributed by atoms with Crippen molar-refractivity contribution in [3.8, 4) is 6.07 Å². The molecule has 6 heteroatoms. The Morgan fingerprint density at radius 3 is 2.65 bits per heavy atom. The van der Waals surface area contributed by atoms with Crippen molar-refractivity contribution in [2.24, 2.45) is 0 Å². The molecule has 0 unspecified atom stereocenters. The number of nitriles is 1. The van der Waals surface area contributed by atoms with Gasteiger partial charge >= 0.3 is 0 Å². The van der Waals surface area contributed by atoms with Gasteiger partial charge in [0.2, 0.25) is 0 Å². The first-order valence-corrected chi connectivity index (χ1v) is 8.15. The molecule has 0 bridgehead atoms. The third kappa shape index (κ3) is 3.81. The number of nitrogens with one attached hydrogen (secondary N) is 1. The van der Waals surface area contributed by atoms with Gasteiger partial charge in [-0.3, -0.25) is 8.75 Å². The van der Waals surface area contributed by atoms with Gasteiger partial charge in [0, 0.05) is 12.8 Å². The maximum absolute atomic E-state index is 12.3. The highest BCUT2D eigenvalue weighted by Crippen LogP contribution is 2.33. The van der Waals surface area contributed by atoms with Gasteiger partial charge in [-0.05, 0) is 28.6 Å². The summed E-state index contributed by atoms with van der Waals surface area (Å²) in [6.45, 7) is 7.27. The highest BCUT2D eigenvalue weighted by atomic mass is 32.1. The van der Waals surface area contributed by atoms with Crippen LogP contribution < -0.4 is 10.9 Å². The maximum Gasteiger partial charge on any atom is 0.280 e. The number of aromatic nitrogens is 1. The molecule has 2 rings (SSSR count). The van der Waals surface area contributed by atoms with Gasteiger partial charge in [-0.1, -0.05) is 39.0 Å². The summed E-state index contributed by atoms with van der Waals surface area (Å²) in [4.78, 5) is 12.3. The zero-order chi connectivity index (χ0) is 17.0. The predicted molar refractivity (Wildman–Crippen MR) is 93.6 cm³/mol. The molecule has 122 valence electrons. The van der Waals surface area contributed by atoms with Gasteiger partial charge < -0.3 is 10.1 Å². The van der Waals surface area contributed by atoms with E-state index in [1.54, 1.807) is 11.1 Å². The fraction of sp³-hybridized carbons (Fsp3) is 0.412. The van der Waals surface area contributed by atoms with Gasteiger partial charge in [0.25, 0.3) is 5.56 Å². The summed E-state index contributed by atoms with van der Waals surface area (Å²) in [5, 5.41) is 13.2. The van der Waals surface area contributed by atoms with Crippen LogP contribution in [0.15, 0.2) is 29.1 Å². The Bertz CT molecular complexity index is 778. The SMILES string of the molecule is COCCn1sc(Nc2ccccc2C(C)(C)C)c(C#N)c1=O. The third-order valence-corrected chi connectivity index (χ3v) is 4.52. The summed E-state index contributed by atoms with van der Waals surface area (Å²) in [6.07, 6.45) is 0. The van der Waals surface area contributed by atoms with Crippen LogP contribution in [0.25, 0.3) is 0 Å². The van der Waals surface area contributed by atoms with Gasteiger partial charge in [-0.15, -0.1) is 0 Å². The van der Waals surface area contributed by atoms with E-state index < -0.39 is 0 Å². The first-order valence-electron chi connectivity index (χ1n) is 7.38. The lowest BCUT2D eigenvalue weighted by molar-refractivity contribution is 0.189. The Labute approximate surface area is 140 Å². The van der Waals surface area contributed by atoms with Gasteiger partial charge in [-0.2, -0.15) is 5.26 Å². The van der Waals surface area contributed by atoms with Gasteiger partial charge in [-0.25, -0.2) is 0 Å². The van der Waals surface area contributed by atoms with Crippen LogP contribution in [0, 0.1) is 11.3 Å². The molecule has 0 aliphatic heterocycles. The summed E-state index contributed by atoms with van der Waals surface area (Å²) in [6, 6.07) is 9.96. The first-order chi connectivity index (χ1) is 10.9. The lowest BCUT2D eigenvalue weighted by atomic mass is 9.86. The molecule has 5 nitrogen and oxygen atoms in total. The Morgan fingerprint density at radius 2 is 2.04 bits per heavy atom. The molecule has 2 aromatic rings. The molecule has 23 heavy (non-hydrogen) atoms. The van der Waals surface area contributed by atoms with Crippen LogP contribution in [-0.4, -0.2) is 17.7 Å². The predicted octanol–water partition coefficient (Wildman–Crippen LogP) is 3.47. The zero-order valence-corrected chi connectivity index (χ0v) is 14.7. The largest absolute Gasteiger partial charge is 0.383 e. The number of anilines is 2. The molecule has 0 spiro atoms. The minimum atomic E-state index is -0.273. The Kier molecular flexibility index (Phi) is 5.24. The van der Waals surface area contributed by atoms with Crippen LogP contribution in [-0.2, 0) is 16.7 Å². The number of ether oxygens (including phenoxy) is 1. The Morgan fingerprint density at radius 1 is 1.35 bits per heavy atom. The van der Waals surface area contributed by atoms with E-state index in [0.29, 0.717) is 18.2 Å². The van der Waals surface area contributed by atoms with Crippen molar-refractivity contribution in [3.63, 3.8) is 0 Å². The smallest absolute Gasteiger partial charge is 0.280 e. The van der Waals surface area contributed by atoms with Crippen molar-refractivity contribution in [2.45, 2.75) is 32.7 Å². The van der Waals surface area contributed by atoms with E-state index in [9.17, 15) is 10.1 Å². The summed E-state index contributed by atoms with van der Waals surface area (Å²) < 4.78 is 6.55. The molecule has 1 aromatic carbocycles. The number of rotatable bonds is 5. The lowest BCUT2D eigenvalue weighted by Gasteiger charge is -2.23. The van der Waals surface area contributed by atoms with E-state index in [1.807, 2.05) is 24.3 Å². The van der Waals surface area contributed by atoms with Crippen LogP contribution in [0.4, 0.5) is 10.7 Å². The van der Waals surface area contributed by atoms with Crippen molar-refractivity contribution in [2.75, 3.05) is 19.0 Å². The molecule has 0 radical (unpaired) electrons. The van der Waals surface area contributed by atoms with Crippen LogP contribution in [0.1, 0.15) is 31.9 Å². The lowest BCUT2D eigenvalue weighted by Crippen LogP contribution is -2.17.